The molecule has 0 aliphatic carbocycles. The van der Waals surface area contributed by atoms with Crippen LogP contribution in [0.25, 0.3) is 0 Å². The van der Waals surface area contributed by atoms with Crippen LogP contribution in [0.1, 0.15) is 38.9 Å². The number of carbonyl (C=O) groups is 1. The first-order chi connectivity index (χ1) is 9.58. The summed E-state index contributed by atoms with van der Waals surface area (Å²) >= 11 is 1.53. The molecule has 4 heteroatoms. The number of thiophene rings is 1. The van der Waals surface area contributed by atoms with Gasteiger partial charge in [0.1, 0.15) is 0 Å². The van der Waals surface area contributed by atoms with E-state index in [2.05, 4.69) is 5.32 Å². The van der Waals surface area contributed by atoms with Crippen molar-refractivity contribution in [3.63, 3.8) is 0 Å². The van der Waals surface area contributed by atoms with Crippen LogP contribution >= 0.6 is 11.3 Å². The van der Waals surface area contributed by atoms with Crippen molar-refractivity contribution in [2.24, 2.45) is 0 Å². The molecule has 0 aliphatic rings. The predicted molar refractivity (Wildman–Crippen MR) is 82.1 cm³/mol. The maximum Gasteiger partial charge on any atom is 0.251 e. The lowest BCUT2D eigenvalue weighted by Crippen LogP contribution is -2.25. The standard InChI is InChI=1S/C16H19NO2S/c1-11-5-6-13(10-12(11)2)16(19)17-8-7-14(18)15-4-3-9-20-15/h3-6,9-10,14,18H,7-8H2,1-2H3,(H,17,19). The minimum atomic E-state index is -0.505. The van der Waals surface area contributed by atoms with Gasteiger partial charge in [0.2, 0.25) is 0 Å². The molecule has 20 heavy (non-hydrogen) atoms. The van der Waals surface area contributed by atoms with Crippen molar-refractivity contribution in [3.8, 4) is 0 Å². The lowest BCUT2D eigenvalue weighted by Gasteiger charge is -2.10. The van der Waals surface area contributed by atoms with Gasteiger partial charge in [0, 0.05) is 17.0 Å². The molecule has 1 heterocycles. The Morgan fingerprint density at radius 2 is 2.10 bits per heavy atom. The summed E-state index contributed by atoms with van der Waals surface area (Å²) in [4.78, 5) is 12.9. The Morgan fingerprint density at radius 3 is 2.75 bits per heavy atom. The number of hydrogen-bond acceptors (Lipinski definition) is 3. The maximum atomic E-state index is 12.0. The highest BCUT2D eigenvalue weighted by atomic mass is 32.1. The molecule has 1 atom stereocenters. The summed E-state index contributed by atoms with van der Waals surface area (Å²) in [6, 6.07) is 9.48. The Kier molecular flexibility index (Phi) is 4.93. The normalized spacial score (nSPS) is 12.2. The van der Waals surface area contributed by atoms with E-state index in [-0.39, 0.29) is 5.91 Å². The molecule has 2 aromatic rings. The minimum Gasteiger partial charge on any atom is -0.388 e. The van der Waals surface area contributed by atoms with E-state index in [1.807, 2.05) is 49.6 Å². The van der Waals surface area contributed by atoms with Crippen LogP contribution in [0, 0.1) is 13.8 Å². The molecule has 2 rings (SSSR count). The van der Waals surface area contributed by atoms with Crippen molar-refractivity contribution in [2.45, 2.75) is 26.4 Å². The van der Waals surface area contributed by atoms with E-state index in [0.717, 1.165) is 10.4 Å². The van der Waals surface area contributed by atoms with E-state index in [4.69, 9.17) is 0 Å². The van der Waals surface area contributed by atoms with Gasteiger partial charge in [0.25, 0.3) is 5.91 Å². The summed E-state index contributed by atoms with van der Waals surface area (Å²) in [5, 5.41) is 14.7. The largest absolute Gasteiger partial charge is 0.388 e. The Hall–Kier alpha value is -1.65. The number of aliphatic hydroxyl groups is 1. The van der Waals surface area contributed by atoms with Gasteiger partial charge in [0.15, 0.2) is 0 Å². The third kappa shape index (κ3) is 3.68. The van der Waals surface area contributed by atoms with Crippen LogP contribution in [0.2, 0.25) is 0 Å². The van der Waals surface area contributed by atoms with E-state index in [0.29, 0.717) is 18.5 Å². The first-order valence-electron chi connectivity index (χ1n) is 6.65. The molecule has 0 aliphatic heterocycles. The van der Waals surface area contributed by atoms with Gasteiger partial charge < -0.3 is 10.4 Å². The van der Waals surface area contributed by atoms with Crippen LogP contribution in [-0.4, -0.2) is 17.6 Å². The zero-order valence-corrected chi connectivity index (χ0v) is 12.5. The Labute approximate surface area is 123 Å². The van der Waals surface area contributed by atoms with Crippen molar-refractivity contribution in [1.82, 2.24) is 5.32 Å². The molecule has 2 N–H and O–H groups in total. The zero-order valence-electron chi connectivity index (χ0n) is 11.7. The second-order valence-electron chi connectivity index (χ2n) is 4.87. The Bertz CT molecular complexity index is 578. The van der Waals surface area contributed by atoms with Crippen molar-refractivity contribution in [3.05, 3.63) is 57.3 Å². The molecule has 1 unspecified atom stereocenters. The fraction of sp³-hybridized carbons (Fsp3) is 0.312. The molecule has 0 radical (unpaired) electrons. The molecule has 0 saturated carbocycles. The van der Waals surface area contributed by atoms with Gasteiger partial charge in [0.05, 0.1) is 6.10 Å². The molecular weight excluding hydrogens is 270 g/mol. The number of aliphatic hydroxyl groups excluding tert-OH is 1. The van der Waals surface area contributed by atoms with Crippen LogP contribution in [0.3, 0.4) is 0 Å². The quantitative estimate of drug-likeness (QED) is 0.888. The number of benzene rings is 1. The number of rotatable bonds is 5. The highest BCUT2D eigenvalue weighted by Gasteiger charge is 2.10. The molecule has 106 valence electrons. The van der Waals surface area contributed by atoms with Gasteiger partial charge in [-0.1, -0.05) is 12.1 Å². The first-order valence-corrected chi connectivity index (χ1v) is 7.53. The number of nitrogens with one attached hydrogen (secondary N) is 1. The van der Waals surface area contributed by atoms with Gasteiger partial charge >= 0.3 is 0 Å². The molecule has 1 aromatic heterocycles. The SMILES string of the molecule is Cc1ccc(C(=O)NCCC(O)c2cccs2)cc1C. The van der Waals surface area contributed by atoms with E-state index >= 15 is 0 Å². The van der Waals surface area contributed by atoms with Gasteiger partial charge in [-0.25, -0.2) is 0 Å². The zero-order chi connectivity index (χ0) is 14.5. The monoisotopic (exact) mass is 289 g/mol. The second kappa shape index (κ2) is 6.68. The molecular formula is C16H19NO2S. The predicted octanol–water partition coefficient (Wildman–Crippen LogP) is 3.22. The highest BCUT2D eigenvalue weighted by Crippen LogP contribution is 2.21. The van der Waals surface area contributed by atoms with E-state index in [9.17, 15) is 9.90 Å². The van der Waals surface area contributed by atoms with Crippen LogP contribution < -0.4 is 5.32 Å². The first kappa shape index (κ1) is 14.8. The number of hydrogen-bond donors (Lipinski definition) is 2. The molecule has 1 aromatic carbocycles. The average molecular weight is 289 g/mol. The van der Waals surface area contributed by atoms with Crippen LogP contribution in [-0.2, 0) is 0 Å². The molecule has 1 amide bonds. The van der Waals surface area contributed by atoms with Crippen molar-refractivity contribution in [1.29, 1.82) is 0 Å². The molecule has 0 fully saturated rings. The maximum absolute atomic E-state index is 12.0. The number of amides is 1. The molecule has 0 saturated heterocycles. The summed E-state index contributed by atoms with van der Waals surface area (Å²) in [5.41, 5.74) is 2.95. The molecule has 0 bridgehead atoms. The molecule has 3 nitrogen and oxygen atoms in total. The van der Waals surface area contributed by atoms with Crippen molar-refractivity contribution >= 4 is 17.2 Å². The summed E-state index contributed by atoms with van der Waals surface area (Å²) in [5.74, 6) is -0.0912. The number of carbonyl (C=O) groups excluding carboxylic acids is 1. The third-order valence-electron chi connectivity index (χ3n) is 3.34. The van der Waals surface area contributed by atoms with E-state index in [1.54, 1.807) is 0 Å². The molecule has 0 spiro atoms. The lowest BCUT2D eigenvalue weighted by atomic mass is 10.1. The Morgan fingerprint density at radius 1 is 1.30 bits per heavy atom. The van der Waals surface area contributed by atoms with Gasteiger partial charge in [-0.3, -0.25) is 4.79 Å². The number of aryl methyl sites for hydroxylation is 2. The minimum absolute atomic E-state index is 0.0912. The van der Waals surface area contributed by atoms with Gasteiger partial charge in [-0.05, 0) is 55.0 Å². The van der Waals surface area contributed by atoms with Crippen molar-refractivity contribution < 1.29 is 9.90 Å². The summed E-state index contributed by atoms with van der Waals surface area (Å²) in [7, 11) is 0. The highest BCUT2D eigenvalue weighted by molar-refractivity contribution is 7.10. The van der Waals surface area contributed by atoms with Crippen LogP contribution in [0.4, 0.5) is 0 Å². The average Bonchev–Trinajstić information content (AvgIpc) is 2.95. The summed E-state index contributed by atoms with van der Waals surface area (Å²) in [6.45, 7) is 4.48. The summed E-state index contributed by atoms with van der Waals surface area (Å²) in [6.07, 6.45) is 0.0203. The second-order valence-corrected chi connectivity index (χ2v) is 5.85. The topological polar surface area (TPSA) is 49.3 Å². The van der Waals surface area contributed by atoms with Crippen LogP contribution in [0.15, 0.2) is 35.7 Å². The fourth-order valence-electron chi connectivity index (χ4n) is 1.93. The van der Waals surface area contributed by atoms with Crippen molar-refractivity contribution in [2.75, 3.05) is 6.54 Å². The fourth-order valence-corrected chi connectivity index (χ4v) is 2.68. The Balaban J connectivity index is 1.84. The van der Waals surface area contributed by atoms with Gasteiger partial charge in [-0.15, -0.1) is 11.3 Å². The van der Waals surface area contributed by atoms with Gasteiger partial charge in [-0.2, -0.15) is 0 Å². The van der Waals surface area contributed by atoms with Crippen LogP contribution in [0.5, 0.6) is 0 Å². The van der Waals surface area contributed by atoms with E-state index in [1.165, 1.54) is 16.9 Å². The lowest BCUT2D eigenvalue weighted by molar-refractivity contribution is 0.0943. The smallest absolute Gasteiger partial charge is 0.251 e. The van der Waals surface area contributed by atoms with E-state index < -0.39 is 6.10 Å². The third-order valence-corrected chi connectivity index (χ3v) is 4.32. The summed E-state index contributed by atoms with van der Waals surface area (Å²) < 4.78 is 0.